The first-order chi connectivity index (χ1) is 6.15. The van der Waals surface area contributed by atoms with Crippen LogP contribution in [-0.4, -0.2) is 18.6 Å². The van der Waals surface area contributed by atoms with Gasteiger partial charge in [-0.25, -0.2) is 4.39 Å². The molecule has 1 aliphatic carbocycles. The summed E-state index contributed by atoms with van der Waals surface area (Å²) in [7, 11) is 1.45. The van der Waals surface area contributed by atoms with Crippen LogP contribution in [0.15, 0.2) is 24.3 Å². The highest BCUT2D eigenvalue weighted by molar-refractivity contribution is 5.88. The third kappa shape index (κ3) is 1.64. The highest BCUT2D eigenvalue weighted by Crippen LogP contribution is 2.31. The average molecular weight is 183 g/mol. The molecule has 2 atom stereocenters. The van der Waals surface area contributed by atoms with E-state index in [-0.39, 0.29) is 5.92 Å². The van der Waals surface area contributed by atoms with Gasteiger partial charge in [0.05, 0.1) is 0 Å². The lowest BCUT2D eigenvalue weighted by atomic mass is 9.83. The van der Waals surface area contributed by atoms with Crippen molar-refractivity contribution in [2.45, 2.75) is 19.0 Å². The van der Waals surface area contributed by atoms with E-state index in [4.69, 9.17) is 0 Å². The minimum Gasteiger partial charge on any atom is -0.356 e. The predicted molar refractivity (Wildman–Crippen MR) is 50.0 cm³/mol. The van der Waals surface area contributed by atoms with Crippen molar-refractivity contribution in [2.75, 3.05) is 7.05 Å². The standard InChI is InChI=1S/C10H14FNO/c1-3-8-6-4-5-7-10(8,11)9(13)12-2/h4-8H,3H2,1-2H3,(H,12,13). The minimum atomic E-state index is -1.86. The van der Waals surface area contributed by atoms with Gasteiger partial charge in [-0.1, -0.05) is 25.2 Å². The third-order valence-electron chi connectivity index (χ3n) is 2.35. The van der Waals surface area contributed by atoms with Crippen molar-refractivity contribution in [1.29, 1.82) is 0 Å². The number of amides is 1. The summed E-state index contributed by atoms with van der Waals surface area (Å²) in [6, 6.07) is 0. The van der Waals surface area contributed by atoms with Crippen molar-refractivity contribution in [1.82, 2.24) is 5.32 Å². The average Bonchev–Trinajstić information content (AvgIpc) is 2.17. The molecule has 0 saturated carbocycles. The number of alkyl halides is 1. The Morgan fingerprint density at radius 3 is 2.85 bits per heavy atom. The van der Waals surface area contributed by atoms with E-state index < -0.39 is 11.6 Å². The number of rotatable bonds is 2. The molecule has 0 aromatic rings. The van der Waals surface area contributed by atoms with Crippen LogP contribution < -0.4 is 5.32 Å². The first-order valence-electron chi connectivity index (χ1n) is 4.42. The number of carbonyl (C=O) groups excluding carboxylic acids is 1. The Morgan fingerprint density at radius 1 is 1.62 bits per heavy atom. The van der Waals surface area contributed by atoms with E-state index in [1.165, 1.54) is 13.1 Å². The maximum Gasteiger partial charge on any atom is 0.262 e. The molecular formula is C10H14FNO. The lowest BCUT2D eigenvalue weighted by Crippen LogP contribution is -2.46. The fourth-order valence-corrected chi connectivity index (χ4v) is 1.53. The molecule has 0 fully saturated rings. The molecule has 13 heavy (non-hydrogen) atoms. The Labute approximate surface area is 77.5 Å². The van der Waals surface area contributed by atoms with E-state index in [1.807, 2.05) is 6.92 Å². The summed E-state index contributed by atoms with van der Waals surface area (Å²) >= 11 is 0. The zero-order chi connectivity index (χ0) is 9.90. The number of halogens is 1. The van der Waals surface area contributed by atoms with Crippen LogP contribution in [0.5, 0.6) is 0 Å². The van der Waals surface area contributed by atoms with Gasteiger partial charge in [-0.2, -0.15) is 0 Å². The summed E-state index contributed by atoms with van der Waals surface area (Å²) in [6.07, 6.45) is 7.01. The second-order valence-corrected chi connectivity index (χ2v) is 3.11. The van der Waals surface area contributed by atoms with Crippen molar-refractivity contribution in [3.05, 3.63) is 24.3 Å². The van der Waals surface area contributed by atoms with Crippen LogP contribution in [0.1, 0.15) is 13.3 Å². The molecule has 0 aromatic carbocycles. The molecule has 3 heteroatoms. The highest BCUT2D eigenvalue weighted by Gasteiger charge is 2.42. The number of hydrogen-bond acceptors (Lipinski definition) is 1. The summed E-state index contributed by atoms with van der Waals surface area (Å²) in [5.41, 5.74) is -1.86. The van der Waals surface area contributed by atoms with Gasteiger partial charge in [0.1, 0.15) is 0 Å². The lowest BCUT2D eigenvalue weighted by Gasteiger charge is -2.28. The van der Waals surface area contributed by atoms with E-state index in [1.54, 1.807) is 18.2 Å². The normalized spacial score (nSPS) is 31.8. The SMILES string of the molecule is CCC1C=CC=CC1(F)C(=O)NC. The van der Waals surface area contributed by atoms with Gasteiger partial charge in [0, 0.05) is 13.0 Å². The first-order valence-corrected chi connectivity index (χ1v) is 4.42. The monoisotopic (exact) mass is 183 g/mol. The van der Waals surface area contributed by atoms with Gasteiger partial charge in [-0.3, -0.25) is 4.79 Å². The summed E-state index contributed by atoms with van der Waals surface area (Å²) in [6.45, 7) is 1.87. The van der Waals surface area contributed by atoms with E-state index in [9.17, 15) is 9.18 Å². The lowest BCUT2D eigenvalue weighted by molar-refractivity contribution is -0.131. The third-order valence-corrected chi connectivity index (χ3v) is 2.35. The summed E-state index contributed by atoms with van der Waals surface area (Å²) in [5.74, 6) is -0.919. The summed E-state index contributed by atoms with van der Waals surface area (Å²) in [5, 5.41) is 2.34. The Balaban J connectivity index is 2.92. The number of carbonyl (C=O) groups is 1. The van der Waals surface area contributed by atoms with Crippen LogP contribution in [-0.2, 0) is 4.79 Å². The molecule has 72 valence electrons. The van der Waals surface area contributed by atoms with Gasteiger partial charge < -0.3 is 5.32 Å². The highest BCUT2D eigenvalue weighted by atomic mass is 19.1. The fourth-order valence-electron chi connectivity index (χ4n) is 1.53. The van der Waals surface area contributed by atoms with E-state index in [0.717, 1.165) is 0 Å². The molecule has 2 unspecified atom stereocenters. The van der Waals surface area contributed by atoms with Gasteiger partial charge in [0.15, 0.2) is 0 Å². The van der Waals surface area contributed by atoms with Crippen molar-refractivity contribution >= 4 is 5.91 Å². The van der Waals surface area contributed by atoms with E-state index >= 15 is 0 Å². The molecule has 0 heterocycles. The van der Waals surface area contributed by atoms with Gasteiger partial charge in [-0.05, 0) is 12.5 Å². The largest absolute Gasteiger partial charge is 0.356 e. The first kappa shape index (κ1) is 9.96. The molecular weight excluding hydrogens is 169 g/mol. The molecule has 0 radical (unpaired) electrons. The van der Waals surface area contributed by atoms with Crippen LogP contribution in [0.3, 0.4) is 0 Å². The quantitative estimate of drug-likeness (QED) is 0.692. The second kappa shape index (κ2) is 3.73. The Hall–Kier alpha value is -1.12. The van der Waals surface area contributed by atoms with Crippen LogP contribution in [0, 0.1) is 5.92 Å². The number of nitrogens with one attached hydrogen (secondary N) is 1. The van der Waals surface area contributed by atoms with Gasteiger partial charge in [-0.15, -0.1) is 0 Å². The van der Waals surface area contributed by atoms with Gasteiger partial charge in [0.25, 0.3) is 5.91 Å². The van der Waals surface area contributed by atoms with Crippen molar-refractivity contribution in [3.63, 3.8) is 0 Å². The molecule has 0 aliphatic heterocycles. The van der Waals surface area contributed by atoms with Crippen molar-refractivity contribution in [3.8, 4) is 0 Å². The topological polar surface area (TPSA) is 29.1 Å². The van der Waals surface area contributed by atoms with Crippen LogP contribution in [0.25, 0.3) is 0 Å². The Kier molecular flexibility index (Phi) is 2.86. The van der Waals surface area contributed by atoms with E-state index in [0.29, 0.717) is 6.42 Å². The Morgan fingerprint density at radius 2 is 2.31 bits per heavy atom. The zero-order valence-corrected chi connectivity index (χ0v) is 7.88. The molecule has 1 rings (SSSR count). The molecule has 0 saturated heterocycles. The predicted octanol–water partition coefficient (Wildman–Crippen LogP) is 1.59. The maximum absolute atomic E-state index is 14.1. The number of allylic oxidation sites excluding steroid dienone is 3. The molecule has 0 bridgehead atoms. The summed E-state index contributed by atoms with van der Waals surface area (Å²) < 4.78 is 14.1. The summed E-state index contributed by atoms with van der Waals surface area (Å²) in [4.78, 5) is 11.3. The van der Waals surface area contributed by atoms with Gasteiger partial charge >= 0.3 is 0 Å². The van der Waals surface area contributed by atoms with E-state index in [2.05, 4.69) is 5.32 Å². The van der Waals surface area contributed by atoms with Crippen LogP contribution in [0.2, 0.25) is 0 Å². The zero-order valence-electron chi connectivity index (χ0n) is 7.88. The smallest absolute Gasteiger partial charge is 0.262 e. The van der Waals surface area contributed by atoms with Gasteiger partial charge in [0.2, 0.25) is 5.67 Å². The Bertz CT molecular complexity index is 260. The molecule has 1 amide bonds. The molecule has 1 aliphatic rings. The molecule has 0 spiro atoms. The molecule has 0 aromatic heterocycles. The minimum absolute atomic E-state index is 0.350. The number of hydrogen-bond donors (Lipinski definition) is 1. The van der Waals surface area contributed by atoms with Crippen LogP contribution >= 0.6 is 0 Å². The van der Waals surface area contributed by atoms with Crippen molar-refractivity contribution < 1.29 is 9.18 Å². The fraction of sp³-hybridized carbons (Fsp3) is 0.500. The molecule has 1 N–H and O–H groups in total. The molecule has 2 nitrogen and oxygen atoms in total. The second-order valence-electron chi connectivity index (χ2n) is 3.11. The van der Waals surface area contributed by atoms with Crippen LogP contribution in [0.4, 0.5) is 4.39 Å². The van der Waals surface area contributed by atoms with Crippen molar-refractivity contribution in [2.24, 2.45) is 5.92 Å². The maximum atomic E-state index is 14.1.